The zero-order chi connectivity index (χ0) is 38.3. The standard InChI is InChI=1S/C48H70N4O/c1-11-15-31-51(32-16-12-2)43-27-29-45(37(5)35-43)47(39-19-23-41(24-20-39)49(7)8)53-48(40-21-25-42(26-22-40)50(9)10)46-30-28-44(36-38(46)6)52(33-17-13-3)34-18-14-4/h19-30,35-36,47-48H,11-18,31-34H2,1-10H3. The van der Waals surface area contributed by atoms with Gasteiger partial charge in [-0.25, -0.2) is 0 Å². The first kappa shape index (κ1) is 41.8. The SMILES string of the molecule is CCCCN(CCCC)c1ccc(C(OC(c2ccc(N(C)C)cc2)c2ccc(N(CCCC)CCCC)cc2C)c2ccc(N(C)C)cc2)c(C)c1. The molecule has 4 aromatic rings. The smallest absolute Gasteiger partial charge is 0.109 e. The van der Waals surface area contributed by atoms with Crippen LogP contribution in [-0.2, 0) is 4.74 Å². The highest BCUT2D eigenvalue weighted by Crippen LogP contribution is 2.40. The Labute approximate surface area is 324 Å². The van der Waals surface area contributed by atoms with Crippen LogP contribution in [0.3, 0.4) is 0 Å². The molecule has 0 N–H and O–H groups in total. The van der Waals surface area contributed by atoms with Crippen LogP contribution in [0.2, 0.25) is 0 Å². The van der Waals surface area contributed by atoms with E-state index in [9.17, 15) is 0 Å². The Morgan fingerprint density at radius 2 is 0.736 bits per heavy atom. The molecule has 0 bridgehead atoms. The predicted molar refractivity (Wildman–Crippen MR) is 233 cm³/mol. The lowest BCUT2D eigenvalue weighted by atomic mass is 9.93. The molecule has 0 spiro atoms. The van der Waals surface area contributed by atoms with E-state index in [4.69, 9.17) is 4.74 Å². The van der Waals surface area contributed by atoms with Gasteiger partial charge < -0.3 is 24.3 Å². The zero-order valence-electron chi connectivity index (χ0n) is 34.9. The molecule has 0 fully saturated rings. The van der Waals surface area contributed by atoms with E-state index >= 15 is 0 Å². The molecule has 2 atom stereocenters. The van der Waals surface area contributed by atoms with Gasteiger partial charge in [-0.2, -0.15) is 0 Å². The molecule has 0 saturated carbocycles. The van der Waals surface area contributed by atoms with Crippen molar-refractivity contribution in [1.82, 2.24) is 0 Å². The Morgan fingerprint density at radius 1 is 0.434 bits per heavy atom. The summed E-state index contributed by atoms with van der Waals surface area (Å²) in [6, 6.07) is 32.0. The van der Waals surface area contributed by atoms with Crippen molar-refractivity contribution in [3.8, 4) is 0 Å². The van der Waals surface area contributed by atoms with Crippen LogP contribution in [0.4, 0.5) is 22.7 Å². The highest BCUT2D eigenvalue weighted by Gasteiger charge is 2.27. The number of ether oxygens (including phenoxy) is 1. The summed E-state index contributed by atoms with van der Waals surface area (Å²) in [7, 11) is 8.39. The van der Waals surface area contributed by atoms with E-state index in [1.54, 1.807) is 0 Å². The molecule has 0 heterocycles. The quantitative estimate of drug-likeness (QED) is 0.0804. The molecule has 4 aromatic carbocycles. The summed E-state index contributed by atoms with van der Waals surface area (Å²) in [6.45, 7) is 18.0. The van der Waals surface area contributed by atoms with E-state index in [-0.39, 0.29) is 12.2 Å². The molecule has 288 valence electrons. The number of hydrogen-bond donors (Lipinski definition) is 0. The predicted octanol–water partition coefficient (Wildman–Crippen LogP) is 12.1. The van der Waals surface area contributed by atoms with E-state index < -0.39 is 0 Å². The van der Waals surface area contributed by atoms with Crippen LogP contribution in [0.5, 0.6) is 0 Å². The molecule has 0 aliphatic rings. The van der Waals surface area contributed by atoms with Crippen LogP contribution in [-0.4, -0.2) is 54.4 Å². The second-order valence-corrected chi connectivity index (χ2v) is 15.3. The Bertz CT molecular complexity index is 1510. The Kier molecular flexibility index (Phi) is 16.6. The maximum Gasteiger partial charge on any atom is 0.109 e. The fourth-order valence-electron chi connectivity index (χ4n) is 7.13. The third kappa shape index (κ3) is 11.5. The minimum Gasteiger partial charge on any atom is -0.378 e. The zero-order valence-corrected chi connectivity index (χ0v) is 34.9. The molecule has 0 aromatic heterocycles. The first-order chi connectivity index (χ1) is 25.6. The van der Waals surface area contributed by atoms with Gasteiger partial charge in [-0.15, -0.1) is 0 Å². The number of nitrogens with zero attached hydrogens (tertiary/aromatic N) is 4. The molecule has 0 aliphatic heterocycles. The van der Waals surface area contributed by atoms with Gasteiger partial charge in [0, 0.05) is 77.1 Å². The van der Waals surface area contributed by atoms with Crippen LogP contribution in [0.25, 0.3) is 0 Å². The Balaban J connectivity index is 1.84. The molecular formula is C48H70N4O. The summed E-state index contributed by atoms with van der Waals surface area (Å²) in [4.78, 5) is 9.47. The van der Waals surface area contributed by atoms with Crippen molar-refractivity contribution in [2.75, 3.05) is 74.0 Å². The monoisotopic (exact) mass is 719 g/mol. The van der Waals surface area contributed by atoms with Crippen molar-refractivity contribution in [1.29, 1.82) is 0 Å². The molecule has 4 rings (SSSR count). The minimum atomic E-state index is -0.261. The van der Waals surface area contributed by atoms with Gasteiger partial charge >= 0.3 is 0 Å². The van der Waals surface area contributed by atoms with E-state index in [0.717, 1.165) is 37.3 Å². The minimum absolute atomic E-state index is 0.261. The van der Waals surface area contributed by atoms with Gasteiger partial charge in [0.15, 0.2) is 0 Å². The Hall–Kier alpha value is -3.96. The fraction of sp³-hybridized carbons (Fsp3) is 0.500. The van der Waals surface area contributed by atoms with E-state index in [1.165, 1.54) is 96.4 Å². The van der Waals surface area contributed by atoms with Gasteiger partial charge in [-0.3, -0.25) is 0 Å². The van der Waals surface area contributed by atoms with Crippen LogP contribution in [0, 0.1) is 13.8 Å². The molecular weight excluding hydrogens is 649 g/mol. The van der Waals surface area contributed by atoms with Crippen LogP contribution < -0.4 is 19.6 Å². The molecule has 53 heavy (non-hydrogen) atoms. The normalized spacial score (nSPS) is 12.4. The molecule has 0 radical (unpaired) electrons. The average molecular weight is 719 g/mol. The van der Waals surface area contributed by atoms with E-state index in [1.807, 2.05) is 0 Å². The van der Waals surface area contributed by atoms with Gasteiger partial charge in [-0.1, -0.05) is 89.8 Å². The molecule has 0 amide bonds. The second-order valence-electron chi connectivity index (χ2n) is 15.3. The van der Waals surface area contributed by atoms with Crippen molar-refractivity contribution < 1.29 is 4.74 Å². The molecule has 2 unspecified atom stereocenters. The van der Waals surface area contributed by atoms with Gasteiger partial charge in [0.25, 0.3) is 0 Å². The third-order valence-electron chi connectivity index (χ3n) is 10.6. The topological polar surface area (TPSA) is 22.2 Å². The van der Waals surface area contributed by atoms with Gasteiger partial charge in [0.2, 0.25) is 0 Å². The number of benzene rings is 4. The lowest BCUT2D eigenvalue weighted by Crippen LogP contribution is -2.26. The first-order valence-electron chi connectivity index (χ1n) is 20.5. The number of rotatable bonds is 22. The molecule has 5 nitrogen and oxygen atoms in total. The maximum atomic E-state index is 7.56. The molecule has 0 aliphatic carbocycles. The summed E-state index contributed by atoms with van der Waals surface area (Å²) < 4.78 is 7.56. The molecule has 5 heteroatoms. The maximum absolute atomic E-state index is 7.56. The van der Waals surface area contributed by atoms with Crippen molar-refractivity contribution >= 4 is 22.7 Å². The second kappa shape index (κ2) is 21.1. The largest absolute Gasteiger partial charge is 0.378 e. The lowest BCUT2D eigenvalue weighted by molar-refractivity contribution is 0.0302. The van der Waals surface area contributed by atoms with Gasteiger partial charge in [0.05, 0.1) is 0 Å². The van der Waals surface area contributed by atoms with E-state index in [0.29, 0.717) is 0 Å². The third-order valence-corrected chi connectivity index (χ3v) is 10.6. The lowest BCUT2D eigenvalue weighted by Gasteiger charge is -2.31. The van der Waals surface area contributed by atoms with Gasteiger partial charge in [0.1, 0.15) is 12.2 Å². The molecule has 0 saturated heterocycles. The van der Waals surface area contributed by atoms with Crippen LogP contribution in [0.1, 0.15) is 125 Å². The Morgan fingerprint density at radius 3 is 1.00 bits per heavy atom. The summed E-state index contributed by atoms with van der Waals surface area (Å²) in [5, 5.41) is 0. The summed E-state index contributed by atoms with van der Waals surface area (Å²) in [6.07, 6.45) is 9.09. The summed E-state index contributed by atoms with van der Waals surface area (Å²) in [5.41, 5.74) is 12.3. The summed E-state index contributed by atoms with van der Waals surface area (Å²) >= 11 is 0. The van der Waals surface area contributed by atoms with Crippen molar-refractivity contribution in [2.45, 2.75) is 105 Å². The van der Waals surface area contributed by atoms with Crippen molar-refractivity contribution in [3.05, 3.63) is 118 Å². The van der Waals surface area contributed by atoms with E-state index in [2.05, 4.69) is 174 Å². The van der Waals surface area contributed by atoms with Crippen molar-refractivity contribution in [2.24, 2.45) is 0 Å². The van der Waals surface area contributed by atoms with Gasteiger partial charge in [-0.05, 0) is 121 Å². The van der Waals surface area contributed by atoms with Crippen molar-refractivity contribution in [3.63, 3.8) is 0 Å². The van der Waals surface area contributed by atoms with Crippen LogP contribution in [0.15, 0.2) is 84.9 Å². The number of unbranched alkanes of at least 4 members (excludes halogenated alkanes) is 4. The number of hydrogen-bond acceptors (Lipinski definition) is 5. The highest BCUT2D eigenvalue weighted by atomic mass is 16.5. The fourth-order valence-corrected chi connectivity index (χ4v) is 7.13. The highest BCUT2D eigenvalue weighted by molar-refractivity contribution is 5.56. The summed E-state index contributed by atoms with van der Waals surface area (Å²) in [5.74, 6) is 0. The number of aryl methyl sites for hydroxylation is 2. The number of anilines is 4. The first-order valence-corrected chi connectivity index (χ1v) is 20.5. The van der Waals surface area contributed by atoms with Crippen LogP contribution >= 0.6 is 0 Å². The average Bonchev–Trinajstić information content (AvgIpc) is 3.16.